The van der Waals surface area contributed by atoms with E-state index < -0.39 is 48.4 Å². The highest BCUT2D eigenvalue weighted by atomic mass is 16.4. The molecule has 2 aromatic rings. The molecule has 13 N–H and O–H groups in total. The van der Waals surface area contributed by atoms with Gasteiger partial charge in [0.2, 0.25) is 17.7 Å². The average molecular weight is 546 g/mol. The van der Waals surface area contributed by atoms with Gasteiger partial charge in [-0.1, -0.05) is 24.6 Å². The van der Waals surface area contributed by atoms with Crippen LogP contribution in [0.1, 0.15) is 37.7 Å². The van der Waals surface area contributed by atoms with Crippen LogP contribution in [-0.2, 0) is 25.6 Å². The Labute approximate surface area is 226 Å². The zero-order valence-corrected chi connectivity index (χ0v) is 21.8. The van der Waals surface area contributed by atoms with E-state index >= 15 is 0 Å². The van der Waals surface area contributed by atoms with Crippen molar-refractivity contribution in [1.29, 1.82) is 0 Å². The first kappa shape index (κ1) is 31.1. The van der Waals surface area contributed by atoms with Gasteiger partial charge in [0.05, 0.1) is 12.6 Å². The summed E-state index contributed by atoms with van der Waals surface area (Å²) in [5.74, 6) is -3.15. The van der Waals surface area contributed by atoms with E-state index in [1.807, 2.05) is 24.3 Å². The number of carbonyl (C=O) groups is 4. The molecule has 0 aliphatic carbocycles. The van der Waals surface area contributed by atoms with E-state index in [1.54, 1.807) is 6.20 Å². The Morgan fingerprint density at radius 3 is 2.41 bits per heavy atom. The maximum atomic E-state index is 13.1. The largest absolute Gasteiger partial charge is 0.480 e. The topological polar surface area (TPSA) is 257 Å². The summed E-state index contributed by atoms with van der Waals surface area (Å²) in [6, 6.07) is 4.48. The summed E-state index contributed by atoms with van der Waals surface area (Å²) in [4.78, 5) is 56.7. The Hall–Kier alpha value is -4.17. The van der Waals surface area contributed by atoms with Crippen molar-refractivity contribution in [3.8, 4) is 0 Å². The number of benzene rings is 1. The van der Waals surface area contributed by atoms with Crippen LogP contribution in [-0.4, -0.2) is 77.5 Å². The van der Waals surface area contributed by atoms with Gasteiger partial charge in [-0.2, -0.15) is 0 Å². The Kier molecular flexibility index (Phi) is 12.7. The second-order valence-electron chi connectivity index (χ2n) is 9.14. The molecule has 3 amide bonds. The number of aromatic amines is 1. The van der Waals surface area contributed by atoms with Crippen LogP contribution in [0, 0.1) is 0 Å². The van der Waals surface area contributed by atoms with Crippen LogP contribution < -0.4 is 38.9 Å². The van der Waals surface area contributed by atoms with Crippen LogP contribution in [0.25, 0.3) is 10.9 Å². The van der Waals surface area contributed by atoms with Gasteiger partial charge < -0.3 is 49.0 Å². The highest BCUT2D eigenvalue weighted by molar-refractivity contribution is 5.93. The SMILES string of the molecule is NCCCCC(N)C(=O)NC(Cc1c[nH]c2ccccc12)C(=O)NCC(=O)NC(CCCN=C(N)N)C(=O)O. The van der Waals surface area contributed by atoms with Crippen molar-refractivity contribution in [2.45, 2.75) is 56.7 Å². The van der Waals surface area contributed by atoms with Crippen molar-refractivity contribution in [3.63, 3.8) is 0 Å². The van der Waals surface area contributed by atoms with Gasteiger partial charge in [-0.3, -0.25) is 19.4 Å². The number of carboxylic acid groups (broad SMARTS) is 1. The summed E-state index contributed by atoms with van der Waals surface area (Å²) in [5.41, 5.74) is 23.7. The summed E-state index contributed by atoms with van der Waals surface area (Å²) in [7, 11) is 0. The van der Waals surface area contributed by atoms with E-state index in [4.69, 9.17) is 22.9 Å². The third-order valence-corrected chi connectivity index (χ3v) is 6.04. The number of nitrogens with one attached hydrogen (secondary N) is 4. The molecule has 3 unspecified atom stereocenters. The van der Waals surface area contributed by atoms with Crippen molar-refractivity contribution in [3.05, 3.63) is 36.0 Å². The third-order valence-electron chi connectivity index (χ3n) is 6.04. The quantitative estimate of drug-likeness (QED) is 0.0628. The molecule has 214 valence electrons. The van der Waals surface area contributed by atoms with Crippen molar-refractivity contribution in [2.75, 3.05) is 19.6 Å². The number of rotatable bonds is 17. The number of hydrogen-bond acceptors (Lipinski definition) is 7. The van der Waals surface area contributed by atoms with Gasteiger partial charge in [0, 0.05) is 30.1 Å². The maximum absolute atomic E-state index is 13.1. The fourth-order valence-corrected chi connectivity index (χ4v) is 3.95. The fraction of sp³-hybridized carbons (Fsp3) is 0.480. The molecule has 39 heavy (non-hydrogen) atoms. The normalized spacial score (nSPS) is 13.2. The van der Waals surface area contributed by atoms with Crippen LogP contribution in [0.4, 0.5) is 0 Å². The lowest BCUT2D eigenvalue weighted by Crippen LogP contribution is -2.54. The lowest BCUT2D eigenvalue weighted by atomic mass is 10.0. The van der Waals surface area contributed by atoms with Gasteiger partial charge in [0.15, 0.2) is 5.96 Å². The number of unbranched alkanes of at least 4 members (excludes halogenated alkanes) is 1. The number of H-pyrrole nitrogens is 1. The molecular weight excluding hydrogens is 506 g/mol. The summed E-state index contributed by atoms with van der Waals surface area (Å²) >= 11 is 0. The van der Waals surface area contributed by atoms with Gasteiger partial charge in [-0.15, -0.1) is 0 Å². The minimum Gasteiger partial charge on any atom is -0.480 e. The van der Waals surface area contributed by atoms with Crippen molar-refractivity contribution in [2.24, 2.45) is 27.9 Å². The smallest absolute Gasteiger partial charge is 0.326 e. The van der Waals surface area contributed by atoms with Crippen molar-refractivity contribution >= 4 is 40.6 Å². The fourth-order valence-electron chi connectivity index (χ4n) is 3.95. The van der Waals surface area contributed by atoms with Crippen molar-refractivity contribution in [1.82, 2.24) is 20.9 Å². The summed E-state index contributed by atoms with van der Waals surface area (Å²) in [6.07, 6.45) is 4.11. The number of aliphatic imine (C=N–C) groups is 1. The molecule has 14 heteroatoms. The molecule has 0 aliphatic heterocycles. The molecule has 0 aliphatic rings. The molecular formula is C25H39N9O5. The van der Waals surface area contributed by atoms with E-state index in [2.05, 4.69) is 25.9 Å². The van der Waals surface area contributed by atoms with E-state index in [0.717, 1.165) is 22.9 Å². The van der Waals surface area contributed by atoms with E-state index in [-0.39, 0.29) is 25.3 Å². The van der Waals surface area contributed by atoms with Crippen LogP contribution >= 0.6 is 0 Å². The first-order valence-corrected chi connectivity index (χ1v) is 12.8. The molecule has 2 rings (SSSR count). The molecule has 3 atom stereocenters. The molecule has 0 saturated heterocycles. The van der Waals surface area contributed by atoms with Gasteiger partial charge in [-0.05, 0) is 43.9 Å². The van der Waals surface area contributed by atoms with Gasteiger partial charge >= 0.3 is 5.97 Å². The number of nitrogens with two attached hydrogens (primary N) is 4. The predicted molar refractivity (Wildman–Crippen MR) is 147 cm³/mol. The third kappa shape index (κ3) is 10.6. The number of amides is 3. The van der Waals surface area contributed by atoms with Crippen LogP contribution in [0.3, 0.4) is 0 Å². The molecule has 0 spiro atoms. The van der Waals surface area contributed by atoms with Gasteiger partial charge in [-0.25, -0.2) is 4.79 Å². The second-order valence-corrected chi connectivity index (χ2v) is 9.14. The van der Waals surface area contributed by atoms with Crippen molar-refractivity contribution < 1.29 is 24.3 Å². The van der Waals surface area contributed by atoms with E-state index in [1.165, 1.54) is 0 Å². The minimum absolute atomic E-state index is 0.0904. The average Bonchev–Trinajstić information content (AvgIpc) is 3.31. The van der Waals surface area contributed by atoms with E-state index in [0.29, 0.717) is 25.8 Å². The molecule has 0 bridgehead atoms. The van der Waals surface area contributed by atoms with Crippen LogP contribution in [0.5, 0.6) is 0 Å². The number of fused-ring (bicyclic) bond motifs is 1. The lowest BCUT2D eigenvalue weighted by molar-refractivity contribution is -0.142. The lowest BCUT2D eigenvalue weighted by Gasteiger charge is -2.21. The summed E-state index contributed by atoms with van der Waals surface area (Å²) < 4.78 is 0. The number of aromatic nitrogens is 1. The molecule has 14 nitrogen and oxygen atoms in total. The van der Waals surface area contributed by atoms with E-state index in [9.17, 15) is 24.3 Å². The first-order chi connectivity index (χ1) is 18.6. The number of aliphatic carboxylic acids is 1. The Morgan fingerprint density at radius 1 is 0.974 bits per heavy atom. The number of guanidine groups is 1. The molecule has 0 radical (unpaired) electrons. The first-order valence-electron chi connectivity index (χ1n) is 12.8. The number of para-hydroxylation sites is 1. The number of hydrogen-bond donors (Lipinski definition) is 9. The molecule has 0 saturated carbocycles. The zero-order valence-electron chi connectivity index (χ0n) is 21.8. The summed E-state index contributed by atoms with van der Waals surface area (Å²) in [6.45, 7) is 0.211. The zero-order chi connectivity index (χ0) is 28.8. The Bertz CT molecular complexity index is 1150. The predicted octanol–water partition coefficient (Wildman–Crippen LogP) is -1.61. The number of nitrogens with zero attached hydrogens (tertiary/aromatic N) is 1. The molecule has 0 fully saturated rings. The second kappa shape index (κ2) is 15.9. The summed E-state index contributed by atoms with van der Waals surface area (Å²) in [5, 5.41) is 17.8. The molecule has 1 aromatic heterocycles. The number of carboxylic acids is 1. The Morgan fingerprint density at radius 2 is 1.72 bits per heavy atom. The van der Waals surface area contributed by atoms with Gasteiger partial charge in [0.25, 0.3) is 0 Å². The van der Waals surface area contributed by atoms with Crippen LogP contribution in [0.2, 0.25) is 0 Å². The highest BCUT2D eigenvalue weighted by Crippen LogP contribution is 2.19. The monoisotopic (exact) mass is 545 g/mol. The highest BCUT2D eigenvalue weighted by Gasteiger charge is 2.26. The minimum atomic E-state index is -1.23. The molecule has 1 aromatic carbocycles. The molecule has 1 heterocycles. The maximum Gasteiger partial charge on any atom is 0.326 e. The van der Waals surface area contributed by atoms with Gasteiger partial charge in [0.1, 0.15) is 12.1 Å². The standard InChI is InChI=1S/C25H39N9O5/c26-10-4-3-7-17(27)22(36)34-20(12-15-13-31-18-8-2-1-6-16(15)18)23(37)32-14-21(35)33-19(24(38)39)9-5-11-30-25(28)29/h1-2,6,8,13,17,19-20,31H,3-5,7,9-12,14,26-27H2,(H,32,37)(H,33,35)(H,34,36)(H,38,39)(H4,28,29,30). The van der Waals surface area contributed by atoms with Crippen LogP contribution in [0.15, 0.2) is 35.5 Å². The number of carbonyl (C=O) groups excluding carboxylic acids is 3. The Balaban J connectivity index is 2.04.